The maximum atomic E-state index is 14.1. The highest BCUT2D eigenvalue weighted by atomic mass is 32.1. The van der Waals surface area contributed by atoms with Crippen LogP contribution in [0.25, 0.3) is 21.7 Å². The lowest BCUT2D eigenvalue weighted by Crippen LogP contribution is -2.43. The Kier molecular flexibility index (Phi) is 9.47. The predicted molar refractivity (Wildman–Crippen MR) is 163 cm³/mol. The summed E-state index contributed by atoms with van der Waals surface area (Å²) in [6.07, 6.45) is 4.03. The number of fused-ring (bicyclic) bond motifs is 1. The Morgan fingerprint density at radius 3 is 2.55 bits per heavy atom. The second-order valence-corrected chi connectivity index (χ2v) is 12.3. The van der Waals surface area contributed by atoms with Crippen molar-refractivity contribution in [2.45, 2.75) is 84.3 Å². The molecule has 0 aliphatic heterocycles. The summed E-state index contributed by atoms with van der Waals surface area (Å²) in [5, 5.41) is 10.3. The lowest BCUT2D eigenvalue weighted by Gasteiger charge is -2.31. The van der Waals surface area contributed by atoms with Crippen molar-refractivity contribution >= 4 is 33.4 Å². The zero-order valence-electron chi connectivity index (χ0n) is 24.9. The third kappa shape index (κ3) is 6.40. The van der Waals surface area contributed by atoms with Gasteiger partial charge in [-0.25, -0.2) is 9.78 Å². The van der Waals surface area contributed by atoms with Crippen molar-refractivity contribution in [3.05, 3.63) is 68.0 Å². The summed E-state index contributed by atoms with van der Waals surface area (Å²) in [5.74, 6) is -1.33. The molecule has 1 fully saturated rings. The van der Waals surface area contributed by atoms with Crippen LogP contribution in [0.3, 0.4) is 0 Å². The fourth-order valence-electron chi connectivity index (χ4n) is 5.49. The Morgan fingerprint density at radius 2 is 1.89 bits per heavy atom. The first-order chi connectivity index (χ1) is 21.1. The van der Waals surface area contributed by atoms with Crippen molar-refractivity contribution < 1.29 is 28.6 Å². The molecule has 1 saturated carbocycles. The molecule has 3 N–H and O–H groups in total. The van der Waals surface area contributed by atoms with Crippen LogP contribution in [0.4, 0.5) is 0 Å². The summed E-state index contributed by atoms with van der Waals surface area (Å²) in [6.45, 7) is 4.81. The molecule has 234 valence electrons. The highest BCUT2D eigenvalue weighted by Crippen LogP contribution is 2.38. The Balaban J connectivity index is 1.70. The molecule has 13 heteroatoms. The van der Waals surface area contributed by atoms with Gasteiger partial charge in [0, 0.05) is 23.4 Å². The van der Waals surface area contributed by atoms with Crippen LogP contribution in [0.1, 0.15) is 62.5 Å². The van der Waals surface area contributed by atoms with E-state index in [4.69, 9.17) is 19.6 Å². The summed E-state index contributed by atoms with van der Waals surface area (Å²) >= 11 is 1.25. The number of aliphatic hydroxyl groups excluding tert-OH is 1. The summed E-state index contributed by atoms with van der Waals surface area (Å²) in [6, 6.07) is 7.00. The molecule has 4 aromatic rings. The number of rotatable bonds is 11. The smallest absolute Gasteiger partial charge is 0.332 e. The third-order valence-corrected chi connectivity index (χ3v) is 9.08. The minimum atomic E-state index is -0.800. The number of esters is 1. The first kappa shape index (κ1) is 31.4. The molecule has 3 aromatic heterocycles. The van der Waals surface area contributed by atoms with Gasteiger partial charge in [-0.05, 0) is 38.7 Å². The number of hydrogen-bond donors (Lipinski definition) is 2. The van der Waals surface area contributed by atoms with Crippen LogP contribution in [0.2, 0.25) is 0 Å². The molecule has 1 amide bonds. The molecule has 3 heterocycles. The van der Waals surface area contributed by atoms with Crippen molar-refractivity contribution in [2.24, 2.45) is 11.7 Å². The predicted octanol–water partition coefficient (Wildman–Crippen LogP) is 3.69. The van der Waals surface area contributed by atoms with E-state index in [1.807, 2.05) is 6.92 Å². The number of hydrogen-bond acceptors (Lipinski definition) is 10. The average molecular weight is 625 g/mol. The van der Waals surface area contributed by atoms with Gasteiger partial charge in [-0.3, -0.25) is 23.5 Å². The van der Waals surface area contributed by atoms with Gasteiger partial charge in [0.2, 0.25) is 11.8 Å². The van der Waals surface area contributed by atoms with Gasteiger partial charge >= 0.3 is 11.7 Å². The number of aryl methyl sites for hydroxylation is 1. The second kappa shape index (κ2) is 13.3. The molecular formula is C31H36N4O8S. The summed E-state index contributed by atoms with van der Waals surface area (Å²) in [7, 11) is 0. The number of carbonyl (C=O) groups excluding carboxylic acids is 2. The largest absolute Gasteiger partial charge is 0.444 e. The fraction of sp³-hybridized carbons (Fsp3) is 0.452. The molecular weight excluding hydrogens is 588 g/mol. The maximum Gasteiger partial charge on any atom is 0.332 e. The molecule has 0 bridgehead atoms. The van der Waals surface area contributed by atoms with Crippen LogP contribution in [0, 0.1) is 12.8 Å². The van der Waals surface area contributed by atoms with E-state index in [0.717, 1.165) is 4.57 Å². The van der Waals surface area contributed by atoms with Crippen molar-refractivity contribution in [1.82, 2.24) is 14.1 Å². The van der Waals surface area contributed by atoms with Crippen LogP contribution in [-0.2, 0) is 27.4 Å². The van der Waals surface area contributed by atoms with Crippen molar-refractivity contribution in [3.8, 4) is 17.2 Å². The number of primary amides is 1. The van der Waals surface area contributed by atoms with Gasteiger partial charge < -0.3 is 24.7 Å². The Morgan fingerprint density at radius 1 is 1.16 bits per heavy atom. The van der Waals surface area contributed by atoms with E-state index >= 15 is 0 Å². The normalized spacial score (nSPS) is 18.3. The number of nitrogens with zero attached hydrogens (tertiary/aromatic N) is 3. The lowest BCUT2D eigenvalue weighted by atomic mass is 9.94. The monoisotopic (exact) mass is 624 g/mol. The molecule has 5 rings (SSSR count). The van der Waals surface area contributed by atoms with Crippen LogP contribution in [0.15, 0.2) is 50.7 Å². The van der Waals surface area contributed by atoms with E-state index < -0.39 is 41.3 Å². The number of nitrogens with two attached hydrogens (primary N) is 1. The summed E-state index contributed by atoms with van der Waals surface area (Å²) in [4.78, 5) is 57.7. The minimum Gasteiger partial charge on any atom is -0.444 e. The molecule has 1 unspecified atom stereocenters. The van der Waals surface area contributed by atoms with E-state index in [0.29, 0.717) is 52.3 Å². The van der Waals surface area contributed by atoms with Gasteiger partial charge in [0.05, 0.1) is 41.8 Å². The van der Waals surface area contributed by atoms with Crippen molar-refractivity contribution in [2.75, 3.05) is 0 Å². The van der Waals surface area contributed by atoms with Gasteiger partial charge in [-0.15, -0.1) is 11.3 Å². The molecule has 44 heavy (non-hydrogen) atoms. The van der Waals surface area contributed by atoms with Gasteiger partial charge in [0.25, 0.3) is 5.56 Å². The minimum absolute atomic E-state index is 0.0364. The number of para-hydroxylation sites is 1. The van der Waals surface area contributed by atoms with E-state index in [1.165, 1.54) is 28.4 Å². The summed E-state index contributed by atoms with van der Waals surface area (Å²) in [5.41, 5.74) is 5.33. The molecule has 0 spiro atoms. The molecule has 12 nitrogen and oxygen atoms in total. The van der Waals surface area contributed by atoms with Crippen molar-refractivity contribution in [3.63, 3.8) is 0 Å². The van der Waals surface area contributed by atoms with Crippen molar-refractivity contribution in [1.29, 1.82) is 0 Å². The van der Waals surface area contributed by atoms with Crippen LogP contribution < -0.4 is 21.7 Å². The highest BCUT2D eigenvalue weighted by Gasteiger charge is 2.30. The van der Waals surface area contributed by atoms with Gasteiger partial charge in [0.15, 0.2) is 0 Å². The number of aromatic nitrogens is 3. The zero-order chi connectivity index (χ0) is 31.5. The first-order valence-electron chi connectivity index (χ1n) is 14.7. The van der Waals surface area contributed by atoms with E-state index in [-0.39, 0.29) is 36.9 Å². The van der Waals surface area contributed by atoms with Gasteiger partial charge in [-0.2, -0.15) is 0 Å². The molecule has 0 radical (unpaired) electrons. The summed E-state index contributed by atoms with van der Waals surface area (Å²) < 4.78 is 20.4. The van der Waals surface area contributed by atoms with Crippen LogP contribution in [0.5, 0.6) is 5.75 Å². The Hall–Kier alpha value is -4.07. The fourth-order valence-corrected chi connectivity index (χ4v) is 6.63. The van der Waals surface area contributed by atoms with Gasteiger partial charge in [-0.1, -0.05) is 32.0 Å². The van der Waals surface area contributed by atoms with Crippen LogP contribution >= 0.6 is 11.3 Å². The number of thiophene rings is 1. The first-order valence-corrected chi connectivity index (χ1v) is 15.5. The number of ether oxygens (including phenoxy) is 2. The Bertz CT molecular complexity index is 1770. The highest BCUT2D eigenvalue weighted by molar-refractivity contribution is 7.19. The number of carbonyl (C=O) groups is 2. The van der Waals surface area contributed by atoms with E-state index in [2.05, 4.69) is 4.98 Å². The number of aliphatic hydroxyl groups is 1. The maximum absolute atomic E-state index is 14.1. The topological polar surface area (TPSA) is 169 Å². The van der Waals surface area contributed by atoms with Crippen LogP contribution in [-0.4, -0.2) is 43.3 Å². The third-order valence-electron chi connectivity index (χ3n) is 7.95. The average Bonchev–Trinajstić information content (AvgIpc) is 3.65. The molecule has 2 atom stereocenters. The van der Waals surface area contributed by atoms with E-state index in [1.54, 1.807) is 38.1 Å². The Labute approximate surface area is 257 Å². The van der Waals surface area contributed by atoms with E-state index in [9.17, 15) is 24.3 Å². The molecule has 1 aromatic carbocycles. The second-order valence-electron chi connectivity index (χ2n) is 11.1. The number of benzene rings is 1. The number of oxazole rings is 1. The molecule has 1 aliphatic rings. The molecule has 0 saturated heterocycles. The number of amides is 1. The lowest BCUT2D eigenvalue weighted by molar-refractivity contribution is -0.134. The SMILES string of the molecule is CCC(=O)Oc1ccccc1[C@H](Cn1c(=O)n(CC(C)C(N)=O)c(=O)c2c(-c3ncco3)c(C)sc21)OC1CCC(O)CC1. The standard InChI is InChI=1S/C31H36N4O8S/c1-4-24(37)43-22-8-6-5-7-21(22)23(42-20-11-9-19(36)10-12-20)16-35-30-26(25(18(3)44-30)28-33-13-14-41-28)29(39)34(31(35)40)15-17(2)27(32)38/h5-8,13-14,17,19-20,23,36H,4,9-12,15-16H2,1-3H3,(H2,32,38)/t17?,19?,20?,23-/m0/s1. The zero-order valence-corrected chi connectivity index (χ0v) is 25.7. The van der Waals surface area contributed by atoms with Gasteiger partial charge in [0.1, 0.15) is 22.9 Å². The molecule has 1 aliphatic carbocycles. The quantitative estimate of drug-likeness (QED) is 0.187.